The van der Waals surface area contributed by atoms with E-state index < -0.39 is 0 Å². The van der Waals surface area contributed by atoms with E-state index in [9.17, 15) is 0 Å². The largest absolute Gasteiger partial charge is 0.497 e. The van der Waals surface area contributed by atoms with Crippen molar-refractivity contribution in [3.05, 3.63) is 29.8 Å². The molecule has 0 aliphatic carbocycles. The van der Waals surface area contributed by atoms with E-state index in [1.165, 1.54) is 5.56 Å². The molecule has 2 fully saturated rings. The number of aliphatic imine (C=N–C) groups is 1. The van der Waals surface area contributed by atoms with Crippen molar-refractivity contribution in [2.45, 2.75) is 43.6 Å². The monoisotopic (exact) mass is 547 g/mol. The summed E-state index contributed by atoms with van der Waals surface area (Å²) >= 11 is 0. The van der Waals surface area contributed by atoms with Crippen LogP contribution in [-0.2, 0) is 19.6 Å². The molecule has 0 aromatic heterocycles. The number of hydrogen-bond acceptors (Lipinski definition) is 5. The minimum absolute atomic E-state index is 0. The first kappa shape index (κ1) is 26.2. The van der Waals surface area contributed by atoms with E-state index in [4.69, 9.17) is 18.9 Å². The van der Waals surface area contributed by atoms with E-state index in [2.05, 4.69) is 27.8 Å². The van der Waals surface area contributed by atoms with Crippen molar-refractivity contribution < 1.29 is 18.9 Å². The maximum atomic E-state index is 5.73. The molecule has 0 spiro atoms. The lowest BCUT2D eigenvalue weighted by molar-refractivity contribution is 0.0168. The van der Waals surface area contributed by atoms with Gasteiger partial charge in [0.25, 0.3) is 0 Å². The molecule has 2 saturated heterocycles. The first-order valence-electron chi connectivity index (χ1n) is 11.1. The van der Waals surface area contributed by atoms with E-state index in [0.717, 1.165) is 83.3 Å². The number of hydrogen-bond donors (Lipinski definition) is 2. The zero-order valence-corrected chi connectivity index (χ0v) is 21.2. The fourth-order valence-electron chi connectivity index (χ4n) is 4.12. The Balaban J connectivity index is 0.00000341. The smallest absolute Gasteiger partial charge is 0.191 e. The van der Waals surface area contributed by atoms with E-state index in [1.807, 2.05) is 19.2 Å². The highest BCUT2D eigenvalue weighted by Gasteiger charge is 2.34. The zero-order chi connectivity index (χ0) is 21.1. The van der Waals surface area contributed by atoms with Gasteiger partial charge in [-0.2, -0.15) is 0 Å². The topological polar surface area (TPSA) is 73.3 Å². The normalized spacial score (nSPS) is 20.7. The van der Waals surface area contributed by atoms with Crippen LogP contribution in [0.25, 0.3) is 0 Å². The Hall–Kier alpha value is -1.10. The molecule has 0 amide bonds. The third-order valence-electron chi connectivity index (χ3n) is 6.06. The van der Waals surface area contributed by atoms with Crippen LogP contribution in [0.4, 0.5) is 0 Å². The molecule has 8 heteroatoms. The molecule has 2 aliphatic rings. The Morgan fingerprint density at radius 3 is 2.58 bits per heavy atom. The van der Waals surface area contributed by atoms with Gasteiger partial charge in [0.15, 0.2) is 5.96 Å². The SMILES string of the molecule is CN=C(NCCCOCC1CCCO1)NCC1(c2ccc(OC)cc2)CCOCC1.I. The summed E-state index contributed by atoms with van der Waals surface area (Å²) in [5.74, 6) is 1.71. The van der Waals surface area contributed by atoms with E-state index in [1.54, 1.807) is 7.11 Å². The van der Waals surface area contributed by atoms with Crippen molar-refractivity contribution in [3.8, 4) is 5.75 Å². The lowest BCUT2D eigenvalue weighted by atomic mass is 9.74. The Bertz CT molecular complexity index is 645. The number of halogens is 1. The Morgan fingerprint density at radius 1 is 1.16 bits per heavy atom. The van der Waals surface area contributed by atoms with Gasteiger partial charge in [0.2, 0.25) is 0 Å². The highest BCUT2D eigenvalue weighted by molar-refractivity contribution is 14.0. The fraction of sp³-hybridized carbons (Fsp3) is 0.696. The summed E-state index contributed by atoms with van der Waals surface area (Å²) < 4.78 is 22.3. The molecule has 31 heavy (non-hydrogen) atoms. The highest BCUT2D eigenvalue weighted by Crippen LogP contribution is 2.35. The van der Waals surface area contributed by atoms with Gasteiger partial charge in [0.05, 0.1) is 19.8 Å². The van der Waals surface area contributed by atoms with Crippen molar-refractivity contribution in [2.75, 3.05) is 60.3 Å². The quantitative estimate of drug-likeness (QED) is 0.203. The third kappa shape index (κ3) is 8.07. The van der Waals surface area contributed by atoms with Gasteiger partial charge in [-0.05, 0) is 49.8 Å². The molecule has 1 atom stereocenters. The van der Waals surface area contributed by atoms with Gasteiger partial charge in [0, 0.05) is 52.0 Å². The van der Waals surface area contributed by atoms with Crippen LogP contribution < -0.4 is 15.4 Å². The Kier molecular flexibility index (Phi) is 11.9. The predicted molar refractivity (Wildman–Crippen MR) is 134 cm³/mol. The zero-order valence-electron chi connectivity index (χ0n) is 18.9. The third-order valence-corrected chi connectivity index (χ3v) is 6.06. The second-order valence-electron chi connectivity index (χ2n) is 8.04. The van der Waals surface area contributed by atoms with Gasteiger partial charge >= 0.3 is 0 Å². The van der Waals surface area contributed by atoms with Gasteiger partial charge in [-0.3, -0.25) is 4.99 Å². The van der Waals surface area contributed by atoms with Crippen LogP contribution >= 0.6 is 24.0 Å². The Morgan fingerprint density at radius 2 is 1.94 bits per heavy atom. The van der Waals surface area contributed by atoms with Gasteiger partial charge < -0.3 is 29.6 Å². The van der Waals surface area contributed by atoms with E-state index in [0.29, 0.717) is 12.7 Å². The number of benzene rings is 1. The number of nitrogens with one attached hydrogen (secondary N) is 2. The molecule has 1 aromatic rings. The predicted octanol–water partition coefficient (Wildman–Crippen LogP) is 3.11. The molecule has 3 rings (SSSR count). The minimum atomic E-state index is 0. The minimum Gasteiger partial charge on any atom is -0.497 e. The first-order valence-corrected chi connectivity index (χ1v) is 11.1. The van der Waals surface area contributed by atoms with Crippen LogP contribution in [-0.4, -0.2) is 72.3 Å². The van der Waals surface area contributed by atoms with E-state index in [-0.39, 0.29) is 29.4 Å². The first-order chi connectivity index (χ1) is 14.8. The number of ether oxygens (including phenoxy) is 4. The van der Waals surface area contributed by atoms with Gasteiger partial charge in [-0.1, -0.05) is 12.1 Å². The fourth-order valence-corrected chi connectivity index (χ4v) is 4.12. The van der Waals surface area contributed by atoms with Crippen molar-refractivity contribution in [2.24, 2.45) is 4.99 Å². The summed E-state index contributed by atoms with van der Waals surface area (Å²) in [6.07, 6.45) is 5.48. The number of guanidine groups is 1. The average Bonchev–Trinajstić information content (AvgIpc) is 3.32. The molecule has 2 heterocycles. The number of rotatable bonds is 10. The summed E-state index contributed by atoms with van der Waals surface area (Å²) in [6.45, 7) is 5.52. The van der Waals surface area contributed by atoms with Crippen molar-refractivity contribution in [1.82, 2.24) is 10.6 Å². The summed E-state index contributed by atoms with van der Waals surface area (Å²) in [5, 5.41) is 6.93. The molecular weight excluding hydrogens is 509 g/mol. The molecule has 1 aromatic carbocycles. The lowest BCUT2D eigenvalue weighted by Gasteiger charge is -2.38. The molecule has 1 unspecified atom stereocenters. The molecule has 7 nitrogen and oxygen atoms in total. The summed E-state index contributed by atoms with van der Waals surface area (Å²) in [7, 11) is 3.51. The molecule has 0 saturated carbocycles. The standard InChI is InChI=1S/C23H37N3O4.HI/c1-24-22(25-12-4-13-29-17-21-5-3-14-30-21)26-18-23(10-15-28-16-11-23)19-6-8-20(27-2)9-7-19;/h6-9,21H,3-5,10-18H2,1-2H3,(H2,24,25,26);1H. The molecule has 0 radical (unpaired) electrons. The van der Waals surface area contributed by atoms with Gasteiger partial charge in [-0.25, -0.2) is 0 Å². The molecule has 176 valence electrons. The van der Waals surface area contributed by atoms with Crippen LogP contribution in [0.15, 0.2) is 29.3 Å². The second kappa shape index (κ2) is 14.1. The van der Waals surface area contributed by atoms with Crippen LogP contribution in [0.5, 0.6) is 5.75 Å². The van der Waals surface area contributed by atoms with E-state index >= 15 is 0 Å². The maximum absolute atomic E-state index is 5.73. The van der Waals surface area contributed by atoms with Gasteiger partial charge in [0.1, 0.15) is 5.75 Å². The summed E-state index contributed by atoms with van der Waals surface area (Å²) in [6, 6.07) is 8.42. The Labute approximate surface area is 203 Å². The second-order valence-corrected chi connectivity index (χ2v) is 8.04. The molecule has 0 bridgehead atoms. The van der Waals surface area contributed by atoms with Crippen LogP contribution in [0.1, 0.15) is 37.7 Å². The molecule has 2 aliphatic heterocycles. The molecule has 2 N–H and O–H groups in total. The lowest BCUT2D eigenvalue weighted by Crippen LogP contribution is -2.48. The van der Waals surface area contributed by atoms with Crippen molar-refractivity contribution in [3.63, 3.8) is 0 Å². The van der Waals surface area contributed by atoms with Crippen molar-refractivity contribution in [1.29, 1.82) is 0 Å². The number of nitrogens with zero attached hydrogens (tertiary/aromatic N) is 1. The molecular formula is C23H38IN3O4. The van der Waals surface area contributed by atoms with Crippen LogP contribution in [0, 0.1) is 0 Å². The maximum Gasteiger partial charge on any atom is 0.191 e. The van der Waals surface area contributed by atoms with Crippen LogP contribution in [0.3, 0.4) is 0 Å². The average molecular weight is 547 g/mol. The van der Waals surface area contributed by atoms with Crippen LogP contribution in [0.2, 0.25) is 0 Å². The summed E-state index contributed by atoms with van der Waals surface area (Å²) in [4.78, 5) is 4.39. The van der Waals surface area contributed by atoms with Gasteiger partial charge in [-0.15, -0.1) is 24.0 Å². The highest BCUT2D eigenvalue weighted by atomic mass is 127. The summed E-state index contributed by atoms with van der Waals surface area (Å²) in [5.41, 5.74) is 1.35. The number of methoxy groups -OCH3 is 1. The van der Waals surface area contributed by atoms with Crippen molar-refractivity contribution >= 4 is 29.9 Å².